The number of nitrogens with zero attached hydrogens (tertiary/aromatic N) is 3. The fourth-order valence-corrected chi connectivity index (χ4v) is 2.80. The van der Waals surface area contributed by atoms with Gasteiger partial charge < -0.3 is 19.4 Å². The second-order valence-electron chi connectivity index (χ2n) is 5.06. The van der Waals surface area contributed by atoms with E-state index in [0.717, 1.165) is 0 Å². The Kier molecular flexibility index (Phi) is 4.85. The predicted octanol–water partition coefficient (Wildman–Crippen LogP) is 2.50. The minimum Gasteiger partial charge on any atom is -0.478 e. The molecule has 0 aliphatic heterocycles. The summed E-state index contributed by atoms with van der Waals surface area (Å²) in [7, 11) is 1.79. The highest BCUT2D eigenvalue weighted by Crippen LogP contribution is 2.23. The lowest BCUT2D eigenvalue weighted by Gasteiger charge is -2.05. The van der Waals surface area contributed by atoms with Gasteiger partial charge in [-0.2, -0.15) is 0 Å². The maximum Gasteiger partial charge on any atom is 0.335 e. The van der Waals surface area contributed by atoms with Gasteiger partial charge in [0.2, 0.25) is 5.91 Å². The Morgan fingerprint density at radius 3 is 2.64 bits per heavy atom. The topological polar surface area (TPSA) is 110 Å². The molecule has 2 heterocycles. The standard InChI is InChI=1S/C16H14N4O4S/c1-20-14(12-3-2-8-24-12)18-19-16(20)25-9-13(21)17-11-6-4-10(5-7-11)15(22)23/h2-8H,9H2,1H3,(H,17,21)(H,22,23). The van der Waals surface area contributed by atoms with Crippen molar-refractivity contribution in [3.8, 4) is 11.6 Å². The van der Waals surface area contributed by atoms with Gasteiger partial charge in [-0.1, -0.05) is 11.8 Å². The first-order valence-electron chi connectivity index (χ1n) is 7.24. The van der Waals surface area contributed by atoms with Gasteiger partial charge in [0, 0.05) is 12.7 Å². The van der Waals surface area contributed by atoms with Gasteiger partial charge in [-0.3, -0.25) is 4.79 Å². The van der Waals surface area contributed by atoms with E-state index in [-0.39, 0.29) is 17.2 Å². The molecule has 9 heteroatoms. The second-order valence-corrected chi connectivity index (χ2v) is 6.00. The van der Waals surface area contributed by atoms with Gasteiger partial charge in [-0.15, -0.1) is 10.2 Å². The monoisotopic (exact) mass is 358 g/mol. The van der Waals surface area contributed by atoms with E-state index in [1.54, 1.807) is 42.1 Å². The third-order valence-corrected chi connectivity index (χ3v) is 4.34. The molecule has 0 aliphatic carbocycles. The quantitative estimate of drug-likeness (QED) is 0.651. The Morgan fingerprint density at radius 1 is 1.24 bits per heavy atom. The van der Waals surface area contributed by atoms with Gasteiger partial charge in [0.05, 0.1) is 17.6 Å². The number of carboxylic acid groups (broad SMARTS) is 1. The fourth-order valence-electron chi connectivity index (χ4n) is 2.08. The van der Waals surface area contributed by atoms with Crippen LogP contribution in [0.5, 0.6) is 0 Å². The van der Waals surface area contributed by atoms with Crippen molar-refractivity contribution in [3.05, 3.63) is 48.2 Å². The molecule has 0 fully saturated rings. The molecule has 0 aliphatic rings. The van der Waals surface area contributed by atoms with Crippen LogP contribution in [0.4, 0.5) is 5.69 Å². The molecule has 0 unspecified atom stereocenters. The van der Waals surface area contributed by atoms with Gasteiger partial charge in [-0.25, -0.2) is 4.79 Å². The molecule has 3 rings (SSSR count). The third kappa shape index (κ3) is 3.89. The van der Waals surface area contributed by atoms with E-state index in [1.165, 1.54) is 23.9 Å². The maximum absolute atomic E-state index is 12.0. The summed E-state index contributed by atoms with van der Waals surface area (Å²) in [5, 5.41) is 20.3. The van der Waals surface area contributed by atoms with Gasteiger partial charge in [0.25, 0.3) is 0 Å². The Labute approximate surface area is 146 Å². The van der Waals surface area contributed by atoms with Gasteiger partial charge >= 0.3 is 5.97 Å². The number of rotatable bonds is 6. The molecule has 0 saturated carbocycles. The van der Waals surface area contributed by atoms with Crippen molar-refractivity contribution < 1.29 is 19.1 Å². The van der Waals surface area contributed by atoms with Crippen LogP contribution in [-0.2, 0) is 11.8 Å². The summed E-state index contributed by atoms with van der Waals surface area (Å²) in [5.41, 5.74) is 0.696. The summed E-state index contributed by atoms with van der Waals surface area (Å²) in [6, 6.07) is 9.51. The minimum absolute atomic E-state index is 0.144. The molecule has 3 aromatic rings. The number of benzene rings is 1. The number of hydrogen-bond acceptors (Lipinski definition) is 6. The fraction of sp³-hybridized carbons (Fsp3) is 0.125. The Morgan fingerprint density at radius 2 is 2.00 bits per heavy atom. The van der Waals surface area contributed by atoms with E-state index in [0.29, 0.717) is 22.4 Å². The first-order chi connectivity index (χ1) is 12.0. The highest BCUT2D eigenvalue weighted by molar-refractivity contribution is 7.99. The van der Waals surface area contributed by atoms with Crippen molar-refractivity contribution in [3.63, 3.8) is 0 Å². The zero-order valence-corrected chi connectivity index (χ0v) is 14.0. The van der Waals surface area contributed by atoms with E-state index in [9.17, 15) is 9.59 Å². The molecular formula is C16H14N4O4S. The molecule has 0 radical (unpaired) electrons. The van der Waals surface area contributed by atoms with Crippen molar-refractivity contribution in [2.24, 2.45) is 7.05 Å². The normalized spacial score (nSPS) is 10.6. The van der Waals surface area contributed by atoms with E-state index in [4.69, 9.17) is 9.52 Å². The first-order valence-corrected chi connectivity index (χ1v) is 8.22. The van der Waals surface area contributed by atoms with Crippen molar-refractivity contribution in [2.75, 3.05) is 11.1 Å². The Hall–Kier alpha value is -3.07. The van der Waals surface area contributed by atoms with Gasteiger partial charge in [0.1, 0.15) is 0 Å². The zero-order valence-electron chi connectivity index (χ0n) is 13.2. The summed E-state index contributed by atoms with van der Waals surface area (Å²) in [6.07, 6.45) is 1.56. The first kappa shape index (κ1) is 16.8. The molecule has 1 amide bonds. The smallest absolute Gasteiger partial charge is 0.335 e. The molecule has 2 aromatic heterocycles. The van der Waals surface area contributed by atoms with E-state index < -0.39 is 5.97 Å². The molecule has 0 spiro atoms. The number of aromatic nitrogens is 3. The van der Waals surface area contributed by atoms with Crippen LogP contribution in [0.25, 0.3) is 11.6 Å². The number of carbonyl (C=O) groups excluding carboxylic acids is 1. The molecular weight excluding hydrogens is 344 g/mol. The maximum atomic E-state index is 12.0. The van der Waals surface area contributed by atoms with Crippen LogP contribution in [-0.4, -0.2) is 37.5 Å². The van der Waals surface area contributed by atoms with Crippen LogP contribution < -0.4 is 5.32 Å². The molecule has 25 heavy (non-hydrogen) atoms. The number of hydrogen-bond donors (Lipinski definition) is 2. The molecule has 0 bridgehead atoms. The van der Waals surface area contributed by atoms with Crippen LogP contribution in [0, 0.1) is 0 Å². The molecule has 2 N–H and O–H groups in total. The van der Waals surface area contributed by atoms with Gasteiger partial charge in [-0.05, 0) is 36.4 Å². The highest BCUT2D eigenvalue weighted by atomic mass is 32.2. The van der Waals surface area contributed by atoms with Crippen LogP contribution in [0.15, 0.2) is 52.2 Å². The van der Waals surface area contributed by atoms with Gasteiger partial charge in [0.15, 0.2) is 16.7 Å². The predicted molar refractivity (Wildman–Crippen MR) is 91.5 cm³/mol. The lowest BCUT2D eigenvalue weighted by Crippen LogP contribution is -2.14. The molecule has 1 aromatic carbocycles. The van der Waals surface area contributed by atoms with E-state index >= 15 is 0 Å². The second kappa shape index (κ2) is 7.22. The zero-order chi connectivity index (χ0) is 17.8. The lowest BCUT2D eigenvalue weighted by atomic mass is 10.2. The molecule has 0 atom stereocenters. The number of nitrogens with one attached hydrogen (secondary N) is 1. The molecule has 128 valence electrons. The number of anilines is 1. The number of thioether (sulfide) groups is 1. The summed E-state index contributed by atoms with van der Waals surface area (Å²) < 4.78 is 7.04. The number of aromatic carboxylic acids is 1. The Balaban J connectivity index is 1.58. The average Bonchev–Trinajstić information content (AvgIpc) is 3.23. The molecule has 0 saturated heterocycles. The minimum atomic E-state index is -1.01. The number of amides is 1. The number of carboxylic acids is 1. The van der Waals surface area contributed by atoms with Crippen LogP contribution in [0.3, 0.4) is 0 Å². The van der Waals surface area contributed by atoms with Crippen molar-refractivity contribution in [2.45, 2.75) is 5.16 Å². The van der Waals surface area contributed by atoms with Crippen molar-refractivity contribution in [1.29, 1.82) is 0 Å². The van der Waals surface area contributed by atoms with E-state index in [2.05, 4.69) is 15.5 Å². The van der Waals surface area contributed by atoms with Crippen molar-refractivity contribution in [1.82, 2.24) is 14.8 Å². The summed E-state index contributed by atoms with van der Waals surface area (Å²) in [6.45, 7) is 0. The highest BCUT2D eigenvalue weighted by Gasteiger charge is 2.14. The van der Waals surface area contributed by atoms with Crippen LogP contribution in [0.2, 0.25) is 0 Å². The largest absolute Gasteiger partial charge is 0.478 e. The summed E-state index contributed by atoms with van der Waals surface area (Å²) >= 11 is 1.24. The van der Waals surface area contributed by atoms with Crippen LogP contribution in [0.1, 0.15) is 10.4 Å². The van der Waals surface area contributed by atoms with Crippen molar-refractivity contribution >= 4 is 29.3 Å². The average molecular weight is 358 g/mol. The number of furan rings is 1. The van der Waals surface area contributed by atoms with Crippen LogP contribution >= 0.6 is 11.8 Å². The summed E-state index contributed by atoms with van der Waals surface area (Å²) in [4.78, 5) is 22.8. The summed E-state index contributed by atoms with van der Waals surface area (Å²) in [5.74, 6) is 0.0887. The lowest BCUT2D eigenvalue weighted by molar-refractivity contribution is -0.113. The molecule has 8 nitrogen and oxygen atoms in total. The van der Waals surface area contributed by atoms with E-state index in [1.807, 2.05) is 0 Å². The third-order valence-electron chi connectivity index (χ3n) is 3.32. The SMILES string of the molecule is Cn1c(SCC(=O)Nc2ccc(C(=O)O)cc2)nnc1-c1ccco1. The Bertz CT molecular complexity index is 888. The number of carbonyl (C=O) groups is 2.